The lowest BCUT2D eigenvalue weighted by atomic mass is 10.1. The molecule has 0 unspecified atom stereocenters. The van der Waals surface area contributed by atoms with Gasteiger partial charge in [0, 0.05) is 20.1 Å². The number of allylic oxidation sites excluding steroid dienone is 1. The first-order valence-electron chi connectivity index (χ1n) is 8.85. The van der Waals surface area contributed by atoms with Crippen LogP contribution in [0, 0.1) is 5.82 Å². The number of nitrogens with zero attached hydrogens (tertiary/aromatic N) is 2. The zero-order chi connectivity index (χ0) is 21.1. The van der Waals surface area contributed by atoms with E-state index in [1.165, 1.54) is 9.80 Å². The third kappa shape index (κ3) is 5.02. The van der Waals surface area contributed by atoms with Crippen molar-refractivity contribution in [3.05, 3.63) is 41.2 Å². The Morgan fingerprint density at radius 3 is 2.61 bits per heavy atom. The van der Waals surface area contributed by atoms with Crippen LogP contribution in [0.25, 0.3) is 0 Å². The predicted molar refractivity (Wildman–Crippen MR) is 97.2 cm³/mol. The smallest absolute Gasteiger partial charge is 0.340 e. The van der Waals surface area contributed by atoms with Gasteiger partial charge in [0.1, 0.15) is 11.9 Å². The lowest BCUT2D eigenvalue weighted by molar-refractivity contribution is -0.137. The minimum atomic E-state index is -4.68. The number of carbonyl (C=O) groups is 2. The van der Waals surface area contributed by atoms with Gasteiger partial charge in [-0.3, -0.25) is 4.79 Å². The minimum Gasteiger partial charge on any atom is -0.340 e. The van der Waals surface area contributed by atoms with Crippen molar-refractivity contribution in [1.82, 2.24) is 9.80 Å². The Morgan fingerprint density at radius 2 is 2.04 bits per heavy atom. The van der Waals surface area contributed by atoms with E-state index in [9.17, 15) is 27.2 Å². The fraction of sp³-hybridized carbons (Fsp3) is 0.474. The van der Waals surface area contributed by atoms with Gasteiger partial charge < -0.3 is 15.1 Å². The predicted octanol–water partition coefficient (Wildman–Crippen LogP) is 4.27. The van der Waals surface area contributed by atoms with Gasteiger partial charge >= 0.3 is 12.2 Å². The normalized spacial score (nSPS) is 17.6. The SMILES string of the molecule is C/C=C(\C)CN(C)C(=O)[C@H]1CCCN1C(=O)Nc1ccc(C(F)(F)F)cc1F. The molecule has 1 aliphatic heterocycles. The minimum absolute atomic E-state index is 0.234. The molecule has 1 aliphatic rings. The molecule has 5 nitrogen and oxygen atoms in total. The first-order valence-corrected chi connectivity index (χ1v) is 8.85. The molecule has 3 amide bonds. The van der Waals surface area contributed by atoms with E-state index < -0.39 is 29.6 Å². The van der Waals surface area contributed by atoms with E-state index in [1.807, 2.05) is 19.9 Å². The third-order valence-electron chi connectivity index (χ3n) is 4.69. The first-order chi connectivity index (χ1) is 13.0. The van der Waals surface area contributed by atoms with Crippen LogP contribution in [0.4, 0.5) is 28.0 Å². The molecular weight excluding hydrogens is 378 g/mol. The van der Waals surface area contributed by atoms with Crippen LogP contribution < -0.4 is 5.32 Å². The number of halogens is 4. The molecule has 154 valence electrons. The molecule has 0 radical (unpaired) electrons. The standard InChI is InChI=1S/C19H23F4N3O2/c1-4-12(2)11-25(3)17(27)16-6-5-9-26(16)18(28)24-15-8-7-13(10-14(15)20)19(21,22)23/h4,7-8,10,16H,5-6,9,11H2,1-3H3,(H,24,28)/b12-4+/t16-/m1/s1. The molecule has 0 bridgehead atoms. The number of nitrogens with one attached hydrogen (secondary N) is 1. The Morgan fingerprint density at radius 1 is 1.36 bits per heavy atom. The van der Waals surface area contributed by atoms with Crippen molar-refractivity contribution < 1.29 is 27.2 Å². The van der Waals surface area contributed by atoms with Crippen molar-refractivity contribution in [3.63, 3.8) is 0 Å². The average Bonchev–Trinajstić information content (AvgIpc) is 3.11. The van der Waals surface area contributed by atoms with Gasteiger partial charge in [0.2, 0.25) is 5.91 Å². The van der Waals surface area contributed by atoms with E-state index in [0.29, 0.717) is 38.1 Å². The molecule has 28 heavy (non-hydrogen) atoms. The largest absolute Gasteiger partial charge is 0.416 e. The maximum absolute atomic E-state index is 14.0. The van der Waals surface area contributed by atoms with Crippen molar-refractivity contribution in [2.75, 3.05) is 25.5 Å². The number of urea groups is 1. The zero-order valence-corrected chi connectivity index (χ0v) is 15.9. The van der Waals surface area contributed by atoms with Crippen molar-refractivity contribution in [2.24, 2.45) is 0 Å². The number of anilines is 1. The van der Waals surface area contributed by atoms with E-state index in [-0.39, 0.29) is 11.6 Å². The lowest BCUT2D eigenvalue weighted by Crippen LogP contribution is -2.48. The van der Waals surface area contributed by atoms with Gasteiger partial charge in [-0.25, -0.2) is 9.18 Å². The van der Waals surface area contributed by atoms with Gasteiger partial charge in [-0.15, -0.1) is 0 Å². The number of hydrogen-bond donors (Lipinski definition) is 1. The summed E-state index contributed by atoms with van der Waals surface area (Å²) in [5, 5.41) is 2.27. The molecule has 1 fully saturated rings. The highest BCUT2D eigenvalue weighted by Crippen LogP contribution is 2.31. The van der Waals surface area contributed by atoms with Crippen LogP contribution in [0.2, 0.25) is 0 Å². The van der Waals surface area contributed by atoms with E-state index >= 15 is 0 Å². The molecule has 0 aromatic heterocycles. The van der Waals surface area contributed by atoms with Crippen LogP contribution in [-0.4, -0.2) is 47.9 Å². The Hall–Kier alpha value is -2.58. The summed E-state index contributed by atoms with van der Waals surface area (Å²) in [5.41, 5.74) is -0.510. The van der Waals surface area contributed by atoms with Crippen LogP contribution in [0.15, 0.2) is 29.8 Å². The number of likely N-dealkylation sites (N-methyl/N-ethyl adjacent to an activating group) is 1. The van der Waals surface area contributed by atoms with Crippen LogP contribution in [0.5, 0.6) is 0 Å². The number of rotatable bonds is 4. The monoisotopic (exact) mass is 401 g/mol. The summed E-state index contributed by atoms with van der Waals surface area (Å²) in [4.78, 5) is 28.0. The Labute approximate surface area is 161 Å². The average molecular weight is 401 g/mol. The molecule has 2 rings (SSSR count). The lowest BCUT2D eigenvalue weighted by Gasteiger charge is -2.28. The van der Waals surface area contributed by atoms with E-state index in [1.54, 1.807) is 7.05 Å². The van der Waals surface area contributed by atoms with Gasteiger partial charge in [-0.05, 0) is 44.9 Å². The number of benzene rings is 1. The molecule has 1 saturated heterocycles. The van der Waals surface area contributed by atoms with Gasteiger partial charge in [0.15, 0.2) is 0 Å². The molecule has 0 saturated carbocycles. The number of likely N-dealkylation sites (tertiary alicyclic amines) is 1. The van der Waals surface area contributed by atoms with Gasteiger partial charge in [-0.1, -0.05) is 11.6 Å². The summed E-state index contributed by atoms with van der Waals surface area (Å²) < 4.78 is 51.9. The van der Waals surface area contributed by atoms with Crippen LogP contribution in [-0.2, 0) is 11.0 Å². The summed E-state index contributed by atoms with van der Waals surface area (Å²) in [7, 11) is 1.64. The number of amides is 3. The number of alkyl halides is 3. The maximum Gasteiger partial charge on any atom is 0.416 e. The van der Waals surface area contributed by atoms with Crippen LogP contribution in [0.1, 0.15) is 32.3 Å². The topological polar surface area (TPSA) is 52.7 Å². The van der Waals surface area contributed by atoms with E-state index in [0.717, 1.165) is 11.6 Å². The number of carbonyl (C=O) groups excluding carboxylic acids is 2. The second-order valence-corrected chi connectivity index (χ2v) is 6.80. The molecule has 1 atom stereocenters. The Kier molecular flexibility index (Phi) is 6.69. The Bertz CT molecular complexity index is 777. The molecular formula is C19H23F4N3O2. The third-order valence-corrected chi connectivity index (χ3v) is 4.69. The summed E-state index contributed by atoms with van der Waals surface area (Å²) in [6.07, 6.45) is -1.71. The fourth-order valence-corrected chi connectivity index (χ4v) is 3.04. The number of hydrogen-bond acceptors (Lipinski definition) is 2. The summed E-state index contributed by atoms with van der Waals surface area (Å²) in [5.74, 6) is -1.42. The molecule has 9 heteroatoms. The van der Waals surface area contributed by atoms with Gasteiger partial charge in [0.05, 0.1) is 11.3 Å². The molecule has 1 heterocycles. The summed E-state index contributed by atoms with van der Waals surface area (Å²) in [6.45, 7) is 4.48. The quantitative estimate of drug-likeness (QED) is 0.605. The molecule has 1 aromatic rings. The van der Waals surface area contributed by atoms with Crippen molar-refractivity contribution in [2.45, 2.75) is 38.9 Å². The second kappa shape index (κ2) is 8.62. The molecule has 0 aliphatic carbocycles. The van der Waals surface area contributed by atoms with Gasteiger partial charge in [0.25, 0.3) is 0 Å². The van der Waals surface area contributed by atoms with Crippen LogP contribution in [0.3, 0.4) is 0 Å². The maximum atomic E-state index is 14.0. The van der Waals surface area contributed by atoms with Gasteiger partial charge in [-0.2, -0.15) is 13.2 Å². The highest BCUT2D eigenvalue weighted by atomic mass is 19.4. The van der Waals surface area contributed by atoms with E-state index in [4.69, 9.17) is 0 Å². The fourth-order valence-electron chi connectivity index (χ4n) is 3.04. The van der Waals surface area contributed by atoms with Crippen molar-refractivity contribution in [1.29, 1.82) is 0 Å². The zero-order valence-electron chi connectivity index (χ0n) is 15.9. The molecule has 1 aromatic carbocycles. The summed E-state index contributed by atoms with van der Waals surface area (Å²) >= 11 is 0. The van der Waals surface area contributed by atoms with Crippen molar-refractivity contribution >= 4 is 17.6 Å². The second-order valence-electron chi connectivity index (χ2n) is 6.80. The van der Waals surface area contributed by atoms with Crippen LogP contribution >= 0.6 is 0 Å². The highest BCUT2D eigenvalue weighted by Gasteiger charge is 2.36. The first kappa shape index (κ1) is 21.7. The highest BCUT2D eigenvalue weighted by molar-refractivity contribution is 5.94. The molecule has 1 N–H and O–H groups in total. The van der Waals surface area contributed by atoms with E-state index in [2.05, 4.69) is 5.32 Å². The summed E-state index contributed by atoms with van der Waals surface area (Å²) in [6, 6.07) is 0.483. The Balaban J connectivity index is 2.10. The van der Waals surface area contributed by atoms with Crippen molar-refractivity contribution in [3.8, 4) is 0 Å². The molecule has 0 spiro atoms.